The Morgan fingerprint density at radius 2 is 2.08 bits per heavy atom. The summed E-state index contributed by atoms with van der Waals surface area (Å²) < 4.78 is 12.4. The van der Waals surface area contributed by atoms with Gasteiger partial charge in [-0.05, 0) is 31.9 Å². The van der Waals surface area contributed by atoms with Gasteiger partial charge in [-0.15, -0.1) is 10.2 Å². The molecule has 1 aromatic heterocycles. The zero-order chi connectivity index (χ0) is 18.7. The summed E-state index contributed by atoms with van der Waals surface area (Å²) in [6.07, 6.45) is 2.09. The molecule has 1 aromatic carbocycles. The van der Waals surface area contributed by atoms with Crippen LogP contribution in [-0.2, 0) is 11.4 Å². The molecule has 3 rings (SSSR count). The number of carbonyl (C=O) groups is 1. The third kappa shape index (κ3) is 3.94. The number of benzene rings is 1. The van der Waals surface area contributed by atoms with E-state index in [9.17, 15) is 9.90 Å². The number of aromatic nitrogens is 3. The fourth-order valence-electron chi connectivity index (χ4n) is 2.56. The van der Waals surface area contributed by atoms with Crippen LogP contribution in [0.5, 0.6) is 11.5 Å². The van der Waals surface area contributed by atoms with Crippen molar-refractivity contribution in [3.63, 3.8) is 0 Å². The first-order valence-electron chi connectivity index (χ1n) is 8.31. The number of hydrogen-bond acceptors (Lipinski definition) is 7. The molecule has 1 aliphatic rings. The topological polar surface area (TPSA) is 98.5 Å². The van der Waals surface area contributed by atoms with Crippen LogP contribution in [0, 0.1) is 0 Å². The summed E-state index contributed by atoms with van der Waals surface area (Å²) >= 11 is 1.33. The zero-order valence-electron chi connectivity index (χ0n) is 14.9. The molecule has 1 amide bonds. The summed E-state index contributed by atoms with van der Waals surface area (Å²) in [7, 11) is 3.11. The molecule has 0 bridgehead atoms. The molecule has 0 spiro atoms. The summed E-state index contributed by atoms with van der Waals surface area (Å²) in [6, 6.07) is 5.54. The summed E-state index contributed by atoms with van der Waals surface area (Å²) in [6.45, 7) is 1.65. The van der Waals surface area contributed by atoms with Gasteiger partial charge in [-0.2, -0.15) is 0 Å². The van der Waals surface area contributed by atoms with Gasteiger partial charge in [0.1, 0.15) is 6.61 Å². The average Bonchev–Trinajstić information content (AvgIpc) is 3.41. The molecule has 9 heteroatoms. The van der Waals surface area contributed by atoms with Gasteiger partial charge in [0, 0.05) is 17.8 Å². The molecule has 2 aromatic rings. The summed E-state index contributed by atoms with van der Waals surface area (Å²) in [5, 5.41) is 20.7. The second-order valence-corrected chi connectivity index (χ2v) is 7.29. The Morgan fingerprint density at radius 3 is 2.69 bits per heavy atom. The van der Waals surface area contributed by atoms with Gasteiger partial charge in [-0.3, -0.25) is 4.79 Å². The zero-order valence-corrected chi connectivity index (χ0v) is 15.7. The third-order valence-electron chi connectivity index (χ3n) is 4.09. The minimum absolute atomic E-state index is 0.155. The number of nitrogens with zero attached hydrogens (tertiary/aromatic N) is 3. The van der Waals surface area contributed by atoms with Crippen LogP contribution in [0.15, 0.2) is 23.4 Å². The molecule has 0 unspecified atom stereocenters. The van der Waals surface area contributed by atoms with Gasteiger partial charge in [-0.25, -0.2) is 0 Å². The lowest BCUT2D eigenvalue weighted by Crippen LogP contribution is -2.23. The number of hydrogen-bond donors (Lipinski definition) is 2. The van der Waals surface area contributed by atoms with E-state index in [2.05, 4.69) is 15.5 Å². The minimum atomic E-state index is -0.378. The van der Waals surface area contributed by atoms with Gasteiger partial charge in [0.15, 0.2) is 22.5 Å². The van der Waals surface area contributed by atoms with Crippen molar-refractivity contribution in [1.82, 2.24) is 14.8 Å². The van der Waals surface area contributed by atoms with Crippen molar-refractivity contribution in [2.24, 2.45) is 0 Å². The van der Waals surface area contributed by atoms with Gasteiger partial charge < -0.3 is 24.5 Å². The molecular weight excluding hydrogens is 356 g/mol. The van der Waals surface area contributed by atoms with Crippen LogP contribution in [0.3, 0.4) is 0 Å². The molecule has 1 atom stereocenters. The highest BCUT2D eigenvalue weighted by Crippen LogP contribution is 2.39. The third-order valence-corrected chi connectivity index (χ3v) is 5.15. The van der Waals surface area contributed by atoms with Gasteiger partial charge in [0.25, 0.3) is 0 Å². The molecule has 0 aliphatic heterocycles. The van der Waals surface area contributed by atoms with Crippen molar-refractivity contribution in [2.45, 2.75) is 42.8 Å². The van der Waals surface area contributed by atoms with E-state index in [0.717, 1.165) is 12.8 Å². The normalized spacial score (nSPS) is 14.8. The Morgan fingerprint density at radius 1 is 1.35 bits per heavy atom. The Balaban J connectivity index is 1.68. The van der Waals surface area contributed by atoms with Crippen LogP contribution < -0.4 is 14.8 Å². The van der Waals surface area contributed by atoms with E-state index in [1.54, 1.807) is 32.4 Å². The first-order chi connectivity index (χ1) is 12.6. The Hall–Kier alpha value is -2.26. The lowest BCUT2D eigenvalue weighted by molar-refractivity contribution is -0.115. The number of amides is 1. The van der Waals surface area contributed by atoms with Gasteiger partial charge >= 0.3 is 0 Å². The first kappa shape index (κ1) is 18.5. The maximum absolute atomic E-state index is 12.5. The Bertz CT molecular complexity index is 791. The van der Waals surface area contributed by atoms with Crippen LogP contribution in [0.1, 0.15) is 31.6 Å². The molecule has 8 nitrogen and oxygen atoms in total. The van der Waals surface area contributed by atoms with Crippen molar-refractivity contribution in [3.8, 4) is 11.5 Å². The molecule has 1 heterocycles. The number of ether oxygens (including phenoxy) is 2. The molecule has 1 fully saturated rings. The van der Waals surface area contributed by atoms with E-state index >= 15 is 0 Å². The van der Waals surface area contributed by atoms with Crippen LogP contribution in [0.2, 0.25) is 0 Å². The van der Waals surface area contributed by atoms with E-state index < -0.39 is 0 Å². The van der Waals surface area contributed by atoms with Crippen molar-refractivity contribution in [1.29, 1.82) is 0 Å². The van der Waals surface area contributed by atoms with Crippen LogP contribution in [0.4, 0.5) is 5.69 Å². The molecule has 1 saturated carbocycles. The number of methoxy groups -OCH3 is 2. The average molecular weight is 378 g/mol. The SMILES string of the molecule is COc1ccc(NC(=O)[C@@H](C)Sc2nnc(CO)n2C2CC2)cc1OC. The fraction of sp³-hybridized carbons (Fsp3) is 0.471. The van der Waals surface area contributed by atoms with Crippen LogP contribution >= 0.6 is 11.8 Å². The molecule has 2 N–H and O–H groups in total. The van der Waals surface area contributed by atoms with Gasteiger partial charge in [0.2, 0.25) is 5.91 Å². The number of aliphatic hydroxyl groups is 1. The quantitative estimate of drug-likeness (QED) is 0.680. The molecule has 140 valence electrons. The van der Waals surface area contributed by atoms with Crippen LogP contribution in [0.25, 0.3) is 0 Å². The number of nitrogens with one attached hydrogen (secondary N) is 1. The maximum atomic E-state index is 12.5. The van der Waals surface area contributed by atoms with Crippen molar-refractivity contribution >= 4 is 23.4 Å². The van der Waals surface area contributed by atoms with Crippen LogP contribution in [-0.4, -0.2) is 45.2 Å². The smallest absolute Gasteiger partial charge is 0.237 e. The predicted molar refractivity (Wildman–Crippen MR) is 97.7 cm³/mol. The van der Waals surface area contributed by atoms with Gasteiger partial charge in [-0.1, -0.05) is 11.8 Å². The number of carbonyl (C=O) groups excluding carboxylic acids is 1. The molecule has 0 radical (unpaired) electrons. The van der Waals surface area contributed by atoms with Crippen molar-refractivity contribution < 1.29 is 19.4 Å². The van der Waals surface area contributed by atoms with Crippen molar-refractivity contribution in [2.75, 3.05) is 19.5 Å². The predicted octanol–water partition coefficient (Wildman–Crippen LogP) is 2.24. The lowest BCUT2D eigenvalue weighted by Gasteiger charge is -2.14. The van der Waals surface area contributed by atoms with E-state index in [1.165, 1.54) is 11.8 Å². The number of aliphatic hydroxyl groups excluding tert-OH is 1. The summed E-state index contributed by atoms with van der Waals surface area (Å²) in [5.74, 6) is 1.54. The fourth-order valence-corrected chi connectivity index (χ4v) is 3.50. The molecule has 1 aliphatic carbocycles. The molecular formula is C17H22N4O4S. The van der Waals surface area contributed by atoms with Crippen molar-refractivity contribution in [3.05, 3.63) is 24.0 Å². The Kier molecular flexibility index (Phi) is 5.67. The highest BCUT2D eigenvalue weighted by atomic mass is 32.2. The second kappa shape index (κ2) is 7.96. The standard InChI is InChI=1S/C17H22N4O4S/c1-10(26-17-20-19-15(9-22)21(17)12-5-6-12)16(23)18-11-4-7-13(24-2)14(8-11)25-3/h4,7-8,10,12,22H,5-6,9H2,1-3H3,(H,18,23)/t10-/m1/s1. The lowest BCUT2D eigenvalue weighted by atomic mass is 10.2. The second-order valence-electron chi connectivity index (χ2n) is 5.98. The highest BCUT2D eigenvalue weighted by molar-refractivity contribution is 8.00. The highest BCUT2D eigenvalue weighted by Gasteiger charge is 2.30. The Labute approximate surface area is 155 Å². The van der Waals surface area contributed by atoms with Gasteiger partial charge in [0.05, 0.1) is 19.5 Å². The molecule has 0 saturated heterocycles. The monoisotopic (exact) mass is 378 g/mol. The summed E-state index contributed by atoms with van der Waals surface area (Å²) in [5.41, 5.74) is 0.625. The number of anilines is 1. The minimum Gasteiger partial charge on any atom is -0.493 e. The molecule has 26 heavy (non-hydrogen) atoms. The largest absolute Gasteiger partial charge is 0.493 e. The first-order valence-corrected chi connectivity index (χ1v) is 9.19. The maximum Gasteiger partial charge on any atom is 0.237 e. The number of thioether (sulfide) groups is 1. The van der Waals surface area contributed by atoms with E-state index in [4.69, 9.17) is 9.47 Å². The van der Waals surface area contributed by atoms with E-state index in [-0.39, 0.29) is 17.8 Å². The van der Waals surface area contributed by atoms with E-state index in [1.807, 2.05) is 11.5 Å². The van der Waals surface area contributed by atoms with E-state index in [0.29, 0.717) is 34.2 Å². The number of rotatable bonds is 8. The summed E-state index contributed by atoms with van der Waals surface area (Å²) in [4.78, 5) is 12.5.